The van der Waals surface area contributed by atoms with E-state index in [0.717, 1.165) is 42.8 Å². The summed E-state index contributed by atoms with van der Waals surface area (Å²) < 4.78 is 10.8. The molecule has 0 bridgehead atoms. The highest BCUT2D eigenvalue weighted by Gasteiger charge is 2.64. The number of carbonyl (C=O) groups excluding carboxylic acids is 3. The minimum absolute atomic E-state index is 0.00696. The van der Waals surface area contributed by atoms with Crippen molar-refractivity contribution in [3.05, 3.63) is 88.7 Å². The first-order valence-electron chi connectivity index (χ1n) is 13.6. The lowest BCUT2D eigenvalue weighted by molar-refractivity contribution is -0.153. The summed E-state index contributed by atoms with van der Waals surface area (Å²) in [6.45, 7) is 1.94. The van der Waals surface area contributed by atoms with E-state index in [1.807, 2.05) is 53.4 Å². The lowest BCUT2D eigenvalue weighted by Crippen LogP contribution is -2.58. The van der Waals surface area contributed by atoms with Crippen molar-refractivity contribution in [2.24, 2.45) is 5.92 Å². The minimum Gasteiger partial charge on any atom is -0.497 e. The van der Waals surface area contributed by atoms with Gasteiger partial charge in [-0.15, -0.1) is 0 Å². The molecule has 2 aromatic carbocycles. The van der Waals surface area contributed by atoms with Gasteiger partial charge in [0.25, 0.3) is 11.8 Å². The van der Waals surface area contributed by atoms with E-state index in [1.165, 1.54) is 7.11 Å². The third kappa shape index (κ3) is 4.09. The van der Waals surface area contributed by atoms with Crippen LogP contribution < -0.4 is 4.74 Å². The van der Waals surface area contributed by atoms with Gasteiger partial charge in [-0.3, -0.25) is 9.59 Å². The Bertz CT molecular complexity index is 1390. The van der Waals surface area contributed by atoms with E-state index >= 15 is 0 Å². The number of H-pyrrole nitrogens is 1. The van der Waals surface area contributed by atoms with E-state index in [-0.39, 0.29) is 30.1 Å². The van der Waals surface area contributed by atoms with Gasteiger partial charge in [-0.2, -0.15) is 0 Å². The van der Waals surface area contributed by atoms with Gasteiger partial charge in [0.05, 0.1) is 14.2 Å². The summed E-state index contributed by atoms with van der Waals surface area (Å²) in [6.07, 6.45) is 2.97. The number of esters is 1. The normalized spacial score (nSPS) is 23.4. The van der Waals surface area contributed by atoms with E-state index in [2.05, 4.69) is 4.98 Å². The van der Waals surface area contributed by atoms with Gasteiger partial charge in [-0.05, 0) is 66.6 Å². The Balaban J connectivity index is 1.46. The van der Waals surface area contributed by atoms with E-state index < -0.39 is 11.5 Å². The molecule has 1 aliphatic carbocycles. The molecular weight excluding hydrogens is 494 g/mol. The van der Waals surface area contributed by atoms with Crippen molar-refractivity contribution in [2.45, 2.75) is 37.1 Å². The number of methoxy groups -OCH3 is 2. The number of aromatic amines is 1. The SMILES string of the molecule is COC(=O)[C@@]1(Cc2ccc(OC)cc2)[C@H]2c3cc(C(=O)N4CCCC4)[nH]c3C[C@H]2CN1C(=O)c1ccccc1. The summed E-state index contributed by atoms with van der Waals surface area (Å²) in [5.74, 6) is -0.233. The highest BCUT2D eigenvalue weighted by molar-refractivity contribution is 6.00. The zero-order valence-electron chi connectivity index (χ0n) is 22.3. The third-order valence-corrected chi connectivity index (χ3v) is 8.68. The number of fused-ring (bicyclic) bond motifs is 3. The summed E-state index contributed by atoms with van der Waals surface area (Å²) in [4.78, 5) is 48.2. The molecule has 39 heavy (non-hydrogen) atoms. The van der Waals surface area contributed by atoms with Gasteiger partial charge in [0, 0.05) is 43.2 Å². The van der Waals surface area contributed by atoms with Crippen LogP contribution >= 0.6 is 0 Å². The molecule has 8 heteroatoms. The van der Waals surface area contributed by atoms with Gasteiger partial charge in [0.15, 0.2) is 5.54 Å². The highest BCUT2D eigenvalue weighted by atomic mass is 16.5. The van der Waals surface area contributed by atoms with Crippen molar-refractivity contribution in [3.63, 3.8) is 0 Å². The lowest BCUT2D eigenvalue weighted by Gasteiger charge is -2.40. The van der Waals surface area contributed by atoms with Crippen LogP contribution in [0.15, 0.2) is 60.7 Å². The average Bonchev–Trinajstić information content (AvgIpc) is 3.75. The van der Waals surface area contributed by atoms with E-state index in [0.29, 0.717) is 30.0 Å². The summed E-state index contributed by atoms with van der Waals surface area (Å²) >= 11 is 0. The third-order valence-electron chi connectivity index (χ3n) is 8.68. The molecule has 0 radical (unpaired) electrons. The fourth-order valence-corrected chi connectivity index (χ4v) is 6.93. The molecule has 3 aliphatic rings. The van der Waals surface area contributed by atoms with Crippen molar-refractivity contribution < 1.29 is 23.9 Å². The molecule has 3 atom stereocenters. The Kier molecular flexibility index (Phi) is 6.41. The van der Waals surface area contributed by atoms with Gasteiger partial charge in [-0.25, -0.2) is 4.79 Å². The lowest BCUT2D eigenvalue weighted by atomic mass is 9.75. The fourth-order valence-electron chi connectivity index (χ4n) is 6.93. The molecule has 0 spiro atoms. The second-order valence-corrected chi connectivity index (χ2v) is 10.8. The molecule has 0 unspecified atom stereocenters. The fraction of sp³-hybridized carbons (Fsp3) is 0.387. The summed E-state index contributed by atoms with van der Waals surface area (Å²) in [5, 5.41) is 0. The van der Waals surface area contributed by atoms with Crippen LogP contribution in [-0.2, 0) is 22.4 Å². The number of nitrogens with one attached hydrogen (secondary N) is 1. The largest absolute Gasteiger partial charge is 0.497 e. The van der Waals surface area contributed by atoms with E-state index in [9.17, 15) is 14.4 Å². The number of benzene rings is 2. The van der Waals surface area contributed by atoms with Crippen LogP contribution in [0.4, 0.5) is 0 Å². The molecule has 0 saturated carbocycles. The molecule has 3 heterocycles. The molecule has 6 rings (SSSR count). The van der Waals surface area contributed by atoms with Crippen molar-refractivity contribution >= 4 is 17.8 Å². The molecule has 2 aliphatic heterocycles. The number of aromatic nitrogens is 1. The molecule has 1 N–H and O–H groups in total. The number of rotatable bonds is 6. The molecule has 3 aromatic rings. The van der Waals surface area contributed by atoms with Crippen LogP contribution in [0, 0.1) is 5.92 Å². The van der Waals surface area contributed by atoms with Crippen LogP contribution in [-0.4, -0.2) is 72.0 Å². The molecule has 2 amide bonds. The monoisotopic (exact) mass is 527 g/mol. The Labute approximate surface area is 227 Å². The van der Waals surface area contributed by atoms with Crippen LogP contribution in [0.1, 0.15) is 56.4 Å². The predicted molar refractivity (Wildman–Crippen MR) is 145 cm³/mol. The molecule has 2 saturated heterocycles. The first kappa shape index (κ1) is 25.2. The zero-order valence-corrected chi connectivity index (χ0v) is 22.3. The van der Waals surface area contributed by atoms with Gasteiger partial charge >= 0.3 is 5.97 Å². The maximum Gasteiger partial charge on any atom is 0.332 e. The van der Waals surface area contributed by atoms with Crippen LogP contribution in [0.3, 0.4) is 0 Å². The zero-order chi connectivity index (χ0) is 27.1. The molecular formula is C31H33N3O5. The number of likely N-dealkylation sites (tertiary alicyclic amines) is 2. The van der Waals surface area contributed by atoms with Crippen molar-refractivity contribution in [2.75, 3.05) is 33.9 Å². The van der Waals surface area contributed by atoms with E-state index in [1.54, 1.807) is 24.1 Å². The summed E-state index contributed by atoms with van der Waals surface area (Å²) in [7, 11) is 2.99. The first-order chi connectivity index (χ1) is 19.0. The minimum atomic E-state index is -1.28. The van der Waals surface area contributed by atoms with Crippen molar-refractivity contribution in [1.29, 1.82) is 0 Å². The molecule has 8 nitrogen and oxygen atoms in total. The Morgan fingerprint density at radius 1 is 0.974 bits per heavy atom. The van der Waals surface area contributed by atoms with Gasteiger partial charge in [0.1, 0.15) is 11.4 Å². The van der Waals surface area contributed by atoms with Crippen LogP contribution in [0.25, 0.3) is 0 Å². The van der Waals surface area contributed by atoms with Crippen molar-refractivity contribution in [3.8, 4) is 5.75 Å². The molecule has 202 valence electrons. The Morgan fingerprint density at radius 2 is 1.69 bits per heavy atom. The van der Waals surface area contributed by atoms with E-state index in [4.69, 9.17) is 9.47 Å². The van der Waals surface area contributed by atoms with Gasteiger partial charge < -0.3 is 24.3 Å². The number of hydrogen-bond acceptors (Lipinski definition) is 5. The predicted octanol–water partition coefficient (Wildman–Crippen LogP) is 3.83. The summed E-state index contributed by atoms with van der Waals surface area (Å²) in [6, 6.07) is 18.6. The number of carbonyl (C=O) groups is 3. The second kappa shape index (κ2) is 9.91. The standard InChI is InChI=1S/C31H33N3O5/c1-38-23-12-10-20(11-13-23)18-31(30(37)39-2)27-22(19-34(31)28(35)21-8-4-3-5-9-21)16-25-24(27)17-26(32-25)29(36)33-14-6-7-15-33/h3-5,8-13,17,22,27,32H,6-7,14-16,18-19H2,1-2H3/t22-,27+,31+/m0/s1. The van der Waals surface area contributed by atoms with Crippen LogP contribution in [0.2, 0.25) is 0 Å². The second-order valence-electron chi connectivity index (χ2n) is 10.8. The molecule has 1 aromatic heterocycles. The first-order valence-corrected chi connectivity index (χ1v) is 13.6. The maximum atomic E-state index is 14.0. The van der Waals surface area contributed by atoms with Crippen LogP contribution in [0.5, 0.6) is 5.75 Å². The Morgan fingerprint density at radius 3 is 2.36 bits per heavy atom. The highest BCUT2D eigenvalue weighted by Crippen LogP contribution is 2.55. The van der Waals surface area contributed by atoms with Crippen molar-refractivity contribution in [1.82, 2.24) is 14.8 Å². The maximum absolute atomic E-state index is 14.0. The number of nitrogens with zero attached hydrogens (tertiary/aromatic N) is 2. The smallest absolute Gasteiger partial charge is 0.332 e. The number of hydrogen-bond donors (Lipinski definition) is 1. The average molecular weight is 528 g/mol. The number of ether oxygens (including phenoxy) is 2. The number of amides is 2. The Hall–Kier alpha value is -4.07. The van der Waals surface area contributed by atoms with Gasteiger partial charge in [0.2, 0.25) is 0 Å². The van der Waals surface area contributed by atoms with Gasteiger partial charge in [-0.1, -0.05) is 30.3 Å². The quantitative estimate of drug-likeness (QED) is 0.492. The topological polar surface area (TPSA) is 91.9 Å². The molecule has 2 fully saturated rings. The summed E-state index contributed by atoms with van der Waals surface area (Å²) in [5.41, 5.74) is 2.61.